The van der Waals surface area contributed by atoms with Crippen LogP contribution in [0.4, 0.5) is 0 Å². The third-order valence-corrected chi connectivity index (χ3v) is 5.18. The Morgan fingerprint density at radius 1 is 1.05 bits per heavy atom. The Morgan fingerprint density at radius 2 is 1.90 bits per heavy atom. The zero-order chi connectivity index (χ0) is 13.8. The zero-order valence-electron chi connectivity index (χ0n) is 11.4. The Morgan fingerprint density at radius 3 is 2.65 bits per heavy atom. The lowest BCUT2D eigenvalue weighted by molar-refractivity contribution is 0.580. The summed E-state index contributed by atoms with van der Waals surface area (Å²) in [6.07, 6.45) is 0. The molecule has 1 nitrogen and oxygen atoms in total. The van der Waals surface area contributed by atoms with Crippen molar-refractivity contribution in [2.45, 2.75) is 19.5 Å². The molecule has 0 saturated carbocycles. The maximum Gasteiger partial charge on any atom is 0.0346 e. The Bertz CT molecular complexity index is 641. The number of hydrogen-bond acceptors (Lipinski definition) is 3. The van der Waals surface area contributed by atoms with Crippen molar-refractivity contribution in [2.24, 2.45) is 0 Å². The van der Waals surface area contributed by atoms with E-state index in [-0.39, 0.29) is 0 Å². The molecule has 2 heterocycles. The molecule has 0 aliphatic heterocycles. The third-order valence-electron chi connectivity index (χ3n) is 3.35. The maximum atomic E-state index is 3.58. The van der Waals surface area contributed by atoms with E-state index in [0.717, 1.165) is 6.54 Å². The molecule has 0 fully saturated rings. The van der Waals surface area contributed by atoms with E-state index in [4.69, 9.17) is 0 Å². The van der Waals surface area contributed by atoms with Gasteiger partial charge < -0.3 is 5.32 Å². The predicted octanol–water partition coefficient (Wildman–Crippen LogP) is 5.33. The van der Waals surface area contributed by atoms with E-state index in [9.17, 15) is 0 Å². The molecule has 3 rings (SSSR count). The first-order chi connectivity index (χ1) is 9.83. The van der Waals surface area contributed by atoms with Crippen molar-refractivity contribution < 1.29 is 0 Å². The predicted molar refractivity (Wildman–Crippen MR) is 89.3 cm³/mol. The molecule has 1 unspecified atom stereocenters. The molecule has 2 aromatic heterocycles. The number of thiophene rings is 2. The van der Waals surface area contributed by atoms with Gasteiger partial charge >= 0.3 is 0 Å². The fourth-order valence-corrected chi connectivity index (χ4v) is 3.84. The highest BCUT2D eigenvalue weighted by Gasteiger charge is 2.07. The van der Waals surface area contributed by atoms with Crippen molar-refractivity contribution >= 4 is 22.7 Å². The summed E-state index contributed by atoms with van der Waals surface area (Å²) in [5, 5.41) is 7.92. The van der Waals surface area contributed by atoms with E-state index in [2.05, 4.69) is 71.5 Å². The van der Waals surface area contributed by atoms with Crippen molar-refractivity contribution in [3.63, 3.8) is 0 Å². The number of benzene rings is 1. The van der Waals surface area contributed by atoms with Crippen molar-refractivity contribution in [3.05, 3.63) is 69.7 Å². The van der Waals surface area contributed by atoms with E-state index >= 15 is 0 Å². The van der Waals surface area contributed by atoms with Gasteiger partial charge in [-0.25, -0.2) is 0 Å². The molecule has 1 N–H and O–H groups in total. The van der Waals surface area contributed by atoms with Gasteiger partial charge in [-0.15, -0.1) is 11.3 Å². The van der Waals surface area contributed by atoms with Gasteiger partial charge in [-0.2, -0.15) is 11.3 Å². The van der Waals surface area contributed by atoms with Crippen LogP contribution in [0.25, 0.3) is 10.4 Å². The highest BCUT2D eigenvalue weighted by molar-refractivity contribution is 7.15. The lowest BCUT2D eigenvalue weighted by Gasteiger charge is -2.11. The van der Waals surface area contributed by atoms with Crippen LogP contribution in [0.1, 0.15) is 23.4 Å². The minimum atomic E-state index is 0.406. The van der Waals surface area contributed by atoms with Gasteiger partial charge in [0.1, 0.15) is 0 Å². The van der Waals surface area contributed by atoms with Crippen LogP contribution in [0.2, 0.25) is 0 Å². The minimum Gasteiger partial charge on any atom is -0.305 e. The second kappa shape index (κ2) is 6.35. The average Bonchev–Trinajstić information content (AvgIpc) is 3.17. The normalized spacial score (nSPS) is 12.4. The molecule has 0 aliphatic rings. The van der Waals surface area contributed by atoms with E-state index < -0.39 is 0 Å². The standard InChI is InChI=1S/C17H17NS2/c1-13(15-9-10-19-12-15)18-11-16-7-8-17(20-16)14-5-3-2-4-6-14/h2-10,12-13,18H,11H2,1H3. The van der Waals surface area contributed by atoms with Gasteiger partial charge in [-0.3, -0.25) is 0 Å². The van der Waals surface area contributed by atoms with Gasteiger partial charge in [-0.05, 0) is 47.0 Å². The van der Waals surface area contributed by atoms with Gasteiger partial charge in [0.15, 0.2) is 0 Å². The third kappa shape index (κ3) is 3.18. The van der Waals surface area contributed by atoms with Crippen molar-refractivity contribution in [1.82, 2.24) is 5.32 Å². The molecular formula is C17H17NS2. The molecule has 0 saturated heterocycles. The Balaban J connectivity index is 1.63. The van der Waals surface area contributed by atoms with Crippen molar-refractivity contribution in [2.75, 3.05) is 0 Å². The van der Waals surface area contributed by atoms with Gasteiger partial charge in [0.05, 0.1) is 0 Å². The number of hydrogen-bond donors (Lipinski definition) is 1. The second-order valence-corrected chi connectivity index (χ2v) is 6.74. The first kappa shape index (κ1) is 13.6. The first-order valence-corrected chi connectivity index (χ1v) is 8.48. The maximum absolute atomic E-state index is 3.58. The van der Waals surface area contributed by atoms with Crippen LogP contribution in [-0.4, -0.2) is 0 Å². The molecule has 0 bridgehead atoms. The molecule has 0 spiro atoms. The Labute approximate surface area is 127 Å². The molecule has 1 atom stereocenters. The minimum absolute atomic E-state index is 0.406. The average molecular weight is 299 g/mol. The van der Waals surface area contributed by atoms with Gasteiger partial charge in [0.25, 0.3) is 0 Å². The summed E-state index contributed by atoms with van der Waals surface area (Å²) in [7, 11) is 0. The summed E-state index contributed by atoms with van der Waals surface area (Å²) in [4.78, 5) is 2.72. The highest BCUT2D eigenvalue weighted by atomic mass is 32.1. The van der Waals surface area contributed by atoms with E-state index in [0.29, 0.717) is 6.04 Å². The first-order valence-electron chi connectivity index (χ1n) is 6.72. The fourth-order valence-electron chi connectivity index (χ4n) is 2.12. The smallest absolute Gasteiger partial charge is 0.0346 e. The summed E-state index contributed by atoms with van der Waals surface area (Å²) < 4.78 is 0. The van der Waals surface area contributed by atoms with Gasteiger partial charge in [0, 0.05) is 22.3 Å². The second-order valence-electron chi connectivity index (χ2n) is 4.79. The molecular weight excluding hydrogens is 282 g/mol. The SMILES string of the molecule is CC(NCc1ccc(-c2ccccc2)s1)c1ccsc1. The molecule has 0 radical (unpaired) electrons. The molecule has 20 heavy (non-hydrogen) atoms. The van der Waals surface area contributed by atoms with E-state index in [1.165, 1.54) is 20.9 Å². The molecule has 3 heteroatoms. The number of nitrogens with one attached hydrogen (secondary N) is 1. The quantitative estimate of drug-likeness (QED) is 0.671. The molecule has 102 valence electrons. The fraction of sp³-hybridized carbons (Fsp3) is 0.176. The van der Waals surface area contributed by atoms with Crippen LogP contribution in [0.15, 0.2) is 59.3 Å². The summed E-state index contributed by atoms with van der Waals surface area (Å²) >= 11 is 3.62. The zero-order valence-corrected chi connectivity index (χ0v) is 13.0. The topological polar surface area (TPSA) is 12.0 Å². The molecule has 1 aromatic carbocycles. The van der Waals surface area contributed by atoms with Crippen LogP contribution >= 0.6 is 22.7 Å². The van der Waals surface area contributed by atoms with E-state index in [1.807, 2.05) is 11.3 Å². The van der Waals surface area contributed by atoms with Crippen LogP contribution < -0.4 is 5.32 Å². The summed E-state index contributed by atoms with van der Waals surface area (Å²) in [6.45, 7) is 3.14. The summed E-state index contributed by atoms with van der Waals surface area (Å²) in [5.74, 6) is 0. The molecule has 3 aromatic rings. The van der Waals surface area contributed by atoms with Crippen LogP contribution in [0.5, 0.6) is 0 Å². The van der Waals surface area contributed by atoms with Crippen molar-refractivity contribution in [3.8, 4) is 10.4 Å². The van der Waals surface area contributed by atoms with Crippen LogP contribution in [0, 0.1) is 0 Å². The lowest BCUT2D eigenvalue weighted by atomic mass is 10.2. The van der Waals surface area contributed by atoms with Crippen LogP contribution in [-0.2, 0) is 6.54 Å². The monoisotopic (exact) mass is 299 g/mol. The van der Waals surface area contributed by atoms with Gasteiger partial charge in [-0.1, -0.05) is 30.3 Å². The molecule has 0 aliphatic carbocycles. The van der Waals surface area contributed by atoms with Crippen LogP contribution in [0.3, 0.4) is 0 Å². The lowest BCUT2D eigenvalue weighted by Crippen LogP contribution is -2.16. The Hall–Kier alpha value is -1.42. The number of rotatable bonds is 5. The van der Waals surface area contributed by atoms with Gasteiger partial charge in [0.2, 0.25) is 0 Å². The summed E-state index contributed by atoms with van der Waals surface area (Å²) in [6, 6.07) is 17.6. The van der Waals surface area contributed by atoms with E-state index in [1.54, 1.807) is 11.3 Å². The largest absolute Gasteiger partial charge is 0.305 e. The molecule has 0 amide bonds. The summed E-state index contributed by atoms with van der Waals surface area (Å²) in [5.41, 5.74) is 2.67. The van der Waals surface area contributed by atoms with Crippen molar-refractivity contribution in [1.29, 1.82) is 0 Å². The highest BCUT2D eigenvalue weighted by Crippen LogP contribution is 2.28. The Kier molecular flexibility index (Phi) is 4.31.